The van der Waals surface area contributed by atoms with Gasteiger partial charge in [0.15, 0.2) is 0 Å². The van der Waals surface area contributed by atoms with Crippen LogP contribution in [0.4, 0.5) is 10.5 Å². The molecule has 0 aliphatic rings. The minimum absolute atomic E-state index is 0.413. The van der Waals surface area contributed by atoms with Crippen LogP contribution in [-0.4, -0.2) is 12.7 Å². The number of hydrogen-bond donors (Lipinski definition) is 1. The average molecular weight is 214 g/mol. The predicted molar refractivity (Wildman–Crippen MR) is 56.7 cm³/mol. The Kier molecular flexibility index (Phi) is 4.26. The molecule has 0 aliphatic heterocycles. The standard InChI is InChI=1S/C10H12ClNO2/c1-2-7-14-10(13)12-9-6-4-3-5-8(9)11/h3-6H,2,7H2,1H3,(H,12,13). The fourth-order valence-electron chi connectivity index (χ4n) is 0.903. The van der Waals surface area contributed by atoms with Crippen LogP contribution in [0.2, 0.25) is 5.02 Å². The van der Waals surface area contributed by atoms with Crippen molar-refractivity contribution in [1.82, 2.24) is 0 Å². The Labute approximate surface area is 88.0 Å². The van der Waals surface area contributed by atoms with E-state index in [-0.39, 0.29) is 0 Å². The van der Waals surface area contributed by atoms with Crippen molar-refractivity contribution in [3.8, 4) is 0 Å². The van der Waals surface area contributed by atoms with E-state index in [9.17, 15) is 4.79 Å². The van der Waals surface area contributed by atoms with E-state index < -0.39 is 6.09 Å². The highest BCUT2D eigenvalue weighted by Crippen LogP contribution is 2.20. The number of halogens is 1. The van der Waals surface area contributed by atoms with Gasteiger partial charge in [0.25, 0.3) is 0 Å². The van der Waals surface area contributed by atoms with Crippen LogP contribution in [0.15, 0.2) is 24.3 Å². The van der Waals surface area contributed by atoms with Crippen molar-refractivity contribution < 1.29 is 9.53 Å². The Bertz CT molecular complexity index is 315. The van der Waals surface area contributed by atoms with E-state index in [1.54, 1.807) is 24.3 Å². The first kappa shape index (κ1) is 10.9. The summed E-state index contributed by atoms with van der Waals surface area (Å²) in [5, 5.41) is 3.05. The molecule has 4 heteroatoms. The van der Waals surface area contributed by atoms with Crippen molar-refractivity contribution in [3.63, 3.8) is 0 Å². The van der Waals surface area contributed by atoms with E-state index in [0.29, 0.717) is 17.3 Å². The van der Waals surface area contributed by atoms with Gasteiger partial charge < -0.3 is 4.74 Å². The molecule has 1 aromatic carbocycles. The number of nitrogens with one attached hydrogen (secondary N) is 1. The minimum Gasteiger partial charge on any atom is -0.449 e. The highest BCUT2D eigenvalue weighted by molar-refractivity contribution is 6.33. The van der Waals surface area contributed by atoms with Gasteiger partial charge in [-0.1, -0.05) is 30.7 Å². The van der Waals surface area contributed by atoms with E-state index >= 15 is 0 Å². The molecule has 3 nitrogen and oxygen atoms in total. The number of para-hydroxylation sites is 1. The fraction of sp³-hybridized carbons (Fsp3) is 0.300. The SMILES string of the molecule is CCCOC(=O)Nc1ccccc1Cl. The maximum atomic E-state index is 11.1. The van der Waals surface area contributed by atoms with Gasteiger partial charge in [0.1, 0.15) is 0 Å². The van der Waals surface area contributed by atoms with Crippen LogP contribution >= 0.6 is 11.6 Å². The van der Waals surface area contributed by atoms with Gasteiger partial charge in [0, 0.05) is 0 Å². The molecule has 0 saturated carbocycles. The summed E-state index contributed by atoms with van der Waals surface area (Å²) in [5.41, 5.74) is 0.565. The molecule has 0 saturated heterocycles. The molecule has 1 N–H and O–H groups in total. The first-order valence-corrected chi connectivity index (χ1v) is 4.80. The largest absolute Gasteiger partial charge is 0.449 e. The molecule has 0 aliphatic carbocycles. The number of carbonyl (C=O) groups excluding carboxylic acids is 1. The van der Waals surface area contributed by atoms with Gasteiger partial charge in [-0.05, 0) is 18.6 Å². The highest BCUT2D eigenvalue weighted by Gasteiger charge is 2.04. The van der Waals surface area contributed by atoms with Crippen molar-refractivity contribution in [1.29, 1.82) is 0 Å². The number of hydrogen-bond acceptors (Lipinski definition) is 2. The van der Waals surface area contributed by atoms with Crippen molar-refractivity contribution in [2.75, 3.05) is 11.9 Å². The summed E-state index contributed by atoms with van der Waals surface area (Å²) in [6.07, 6.45) is 0.329. The molecule has 1 rings (SSSR count). The maximum absolute atomic E-state index is 11.1. The number of benzene rings is 1. The Morgan fingerprint density at radius 1 is 1.50 bits per heavy atom. The molecule has 1 aromatic rings. The second-order valence-corrected chi connectivity index (χ2v) is 3.15. The summed E-state index contributed by atoms with van der Waals surface area (Å²) in [5.74, 6) is 0. The van der Waals surface area contributed by atoms with Gasteiger partial charge in [-0.3, -0.25) is 5.32 Å². The lowest BCUT2D eigenvalue weighted by Crippen LogP contribution is -2.14. The number of anilines is 1. The highest BCUT2D eigenvalue weighted by atomic mass is 35.5. The zero-order chi connectivity index (χ0) is 10.4. The monoisotopic (exact) mass is 213 g/mol. The molecule has 1 amide bonds. The summed E-state index contributed by atoms with van der Waals surface area (Å²) < 4.78 is 4.84. The zero-order valence-corrected chi connectivity index (χ0v) is 8.67. The number of amides is 1. The normalized spacial score (nSPS) is 9.57. The number of rotatable bonds is 3. The topological polar surface area (TPSA) is 38.3 Å². The van der Waals surface area contributed by atoms with Crippen molar-refractivity contribution >= 4 is 23.4 Å². The Morgan fingerprint density at radius 3 is 2.86 bits per heavy atom. The van der Waals surface area contributed by atoms with Gasteiger partial charge in [0.2, 0.25) is 0 Å². The molecular weight excluding hydrogens is 202 g/mol. The van der Waals surface area contributed by atoms with Crippen LogP contribution in [0.25, 0.3) is 0 Å². The Hall–Kier alpha value is -1.22. The molecule has 14 heavy (non-hydrogen) atoms. The van der Waals surface area contributed by atoms with Crippen molar-refractivity contribution in [3.05, 3.63) is 29.3 Å². The molecule has 0 atom stereocenters. The van der Waals surface area contributed by atoms with E-state index in [1.807, 2.05) is 6.92 Å². The van der Waals surface area contributed by atoms with Crippen molar-refractivity contribution in [2.45, 2.75) is 13.3 Å². The van der Waals surface area contributed by atoms with Crippen molar-refractivity contribution in [2.24, 2.45) is 0 Å². The predicted octanol–water partition coefficient (Wildman–Crippen LogP) is 3.30. The van der Waals surface area contributed by atoms with E-state index in [4.69, 9.17) is 16.3 Å². The number of carbonyl (C=O) groups is 1. The summed E-state index contributed by atoms with van der Waals surface area (Å²) in [4.78, 5) is 11.1. The average Bonchev–Trinajstić information content (AvgIpc) is 2.18. The van der Waals surface area contributed by atoms with Crippen LogP contribution in [0.3, 0.4) is 0 Å². The molecular formula is C10H12ClNO2. The lowest BCUT2D eigenvalue weighted by atomic mass is 10.3. The van der Waals surface area contributed by atoms with Crippen LogP contribution in [0, 0.1) is 0 Å². The molecule has 0 aromatic heterocycles. The van der Waals surface area contributed by atoms with Gasteiger partial charge in [-0.25, -0.2) is 4.79 Å². The minimum atomic E-state index is -0.472. The van der Waals surface area contributed by atoms with E-state index in [1.165, 1.54) is 0 Å². The third-order valence-electron chi connectivity index (χ3n) is 1.55. The maximum Gasteiger partial charge on any atom is 0.411 e. The summed E-state index contributed by atoms with van der Waals surface area (Å²) in [7, 11) is 0. The van der Waals surface area contributed by atoms with Crippen LogP contribution in [0.5, 0.6) is 0 Å². The third kappa shape index (κ3) is 3.26. The van der Waals surface area contributed by atoms with Crippen LogP contribution < -0.4 is 5.32 Å². The lowest BCUT2D eigenvalue weighted by Gasteiger charge is -2.06. The molecule has 0 radical (unpaired) electrons. The second kappa shape index (κ2) is 5.50. The molecule has 76 valence electrons. The Balaban J connectivity index is 2.52. The van der Waals surface area contributed by atoms with Gasteiger partial charge in [0.05, 0.1) is 17.3 Å². The summed E-state index contributed by atoms with van der Waals surface area (Å²) in [6, 6.07) is 7.01. The van der Waals surface area contributed by atoms with Gasteiger partial charge in [-0.2, -0.15) is 0 Å². The zero-order valence-electron chi connectivity index (χ0n) is 7.92. The number of ether oxygens (including phenoxy) is 1. The van der Waals surface area contributed by atoms with Crippen LogP contribution in [-0.2, 0) is 4.74 Å². The molecule has 0 unspecified atom stereocenters. The molecule has 0 heterocycles. The molecule has 0 fully saturated rings. The van der Waals surface area contributed by atoms with E-state index in [2.05, 4.69) is 5.32 Å². The van der Waals surface area contributed by atoms with Crippen LogP contribution in [0.1, 0.15) is 13.3 Å². The second-order valence-electron chi connectivity index (χ2n) is 2.74. The third-order valence-corrected chi connectivity index (χ3v) is 1.88. The first-order valence-electron chi connectivity index (χ1n) is 4.42. The lowest BCUT2D eigenvalue weighted by molar-refractivity contribution is 0.161. The quantitative estimate of drug-likeness (QED) is 0.837. The van der Waals surface area contributed by atoms with Gasteiger partial charge >= 0.3 is 6.09 Å². The smallest absolute Gasteiger partial charge is 0.411 e. The Morgan fingerprint density at radius 2 is 2.21 bits per heavy atom. The summed E-state index contributed by atoms with van der Waals surface area (Å²) in [6.45, 7) is 2.35. The van der Waals surface area contributed by atoms with E-state index in [0.717, 1.165) is 6.42 Å². The molecule has 0 spiro atoms. The summed E-state index contributed by atoms with van der Waals surface area (Å²) >= 11 is 5.83. The van der Waals surface area contributed by atoms with Gasteiger partial charge in [-0.15, -0.1) is 0 Å². The first-order chi connectivity index (χ1) is 6.74. The molecule has 0 bridgehead atoms. The fourth-order valence-corrected chi connectivity index (χ4v) is 1.09.